The van der Waals surface area contributed by atoms with E-state index in [4.69, 9.17) is 5.11 Å². The number of nitrogens with zero attached hydrogens (tertiary/aromatic N) is 2. The molecule has 1 aromatic carbocycles. The summed E-state index contributed by atoms with van der Waals surface area (Å²) in [5.74, 6) is -1.02. The zero-order valence-electron chi connectivity index (χ0n) is 9.70. The number of aromatic carboxylic acids is 1. The summed E-state index contributed by atoms with van der Waals surface area (Å²) in [6, 6.07) is 4.57. The molecule has 0 aliphatic carbocycles. The normalized spacial score (nSPS) is 11.8. The van der Waals surface area contributed by atoms with E-state index in [2.05, 4.69) is 4.98 Å². The van der Waals surface area contributed by atoms with Gasteiger partial charge in [0.15, 0.2) is 0 Å². The molecule has 0 amide bonds. The van der Waals surface area contributed by atoms with Crippen molar-refractivity contribution in [1.82, 2.24) is 9.55 Å². The first-order valence-electron chi connectivity index (χ1n) is 5.23. The van der Waals surface area contributed by atoms with Gasteiger partial charge in [0.2, 0.25) is 0 Å². The fraction of sp³-hybridized carbons (Fsp3) is 0.273. The number of aryl methyl sites for hydroxylation is 1. The predicted molar refractivity (Wildman–Crippen MR) is 66.4 cm³/mol. The van der Waals surface area contributed by atoms with Crippen molar-refractivity contribution in [3.8, 4) is 0 Å². The molecule has 0 spiro atoms. The van der Waals surface area contributed by atoms with Crippen LogP contribution < -0.4 is 0 Å². The summed E-state index contributed by atoms with van der Waals surface area (Å²) in [6.45, 7) is 0.262. The van der Waals surface area contributed by atoms with Crippen molar-refractivity contribution in [3.63, 3.8) is 0 Å². The number of rotatable bonds is 4. The van der Waals surface area contributed by atoms with Crippen LogP contribution in [0.2, 0.25) is 0 Å². The standard InChI is InChI=1S/C11H12N2O4S/c1-18(16,17)5-4-13-7-12-9-3-2-8(11(14)15)6-10(9)13/h2-3,6-7H,4-5H2,1H3,(H,14,15). The van der Waals surface area contributed by atoms with Crippen molar-refractivity contribution in [2.45, 2.75) is 6.54 Å². The number of carbonyl (C=O) groups is 1. The quantitative estimate of drug-likeness (QED) is 0.885. The fourth-order valence-electron chi connectivity index (χ4n) is 1.63. The Bertz CT molecular complexity index is 703. The van der Waals surface area contributed by atoms with Crippen LogP contribution in [0.1, 0.15) is 10.4 Å². The molecule has 0 saturated carbocycles. The van der Waals surface area contributed by atoms with Gasteiger partial charge in [0.1, 0.15) is 9.84 Å². The highest BCUT2D eigenvalue weighted by Crippen LogP contribution is 2.15. The molecule has 0 bridgehead atoms. The largest absolute Gasteiger partial charge is 0.478 e. The molecule has 7 heteroatoms. The Hall–Kier alpha value is -1.89. The van der Waals surface area contributed by atoms with Gasteiger partial charge in [-0.15, -0.1) is 0 Å². The number of benzene rings is 1. The van der Waals surface area contributed by atoms with Crippen LogP contribution in [0.4, 0.5) is 0 Å². The van der Waals surface area contributed by atoms with Gasteiger partial charge in [0.05, 0.1) is 28.7 Å². The maximum absolute atomic E-state index is 11.1. The van der Waals surface area contributed by atoms with E-state index in [1.165, 1.54) is 18.5 Å². The SMILES string of the molecule is CS(=O)(=O)CCn1cnc2ccc(C(=O)O)cc21. The van der Waals surface area contributed by atoms with Crippen LogP contribution in [0.25, 0.3) is 11.0 Å². The second-order valence-electron chi connectivity index (χ2n) is 4.08. The smallest absolute Gasteiger partial charge is 0.335 e. The molecule has 0 saturated heterocycles. The van der Waals surface area contributed by atoms with Gasteiger partial charge in [-0.3, -0.25) is 0 Å². The van der Waals surface area contributed by atoms with E-state index in [1.54, 1.807) is 10.6 Å². The number of hydrogen-bond acceptors (Lipinski definition) is 4. The van der Waals surface area contributed by atoms with Gasteiger partial charge in [-0.25, -0.2) is 18.2 Å². The first-order valence-corrected chi connectivity index (χ1v) is 7.29. The highest BCUT2D eigenvalue weighted by molar-refractivity contribution is 7.90. The molecule has 0 fully saturated rings. The predicted octanol–water partition coefficient (Wildman–Crippen LogP) is 0.779. The van der Waals surface area contributed by atoms with Crippen LogP contribution in [-0.4, -0.2) is 41.1 Å². The molecule has 0 radical (unpaired) electrons. The van der Waals surface area contributed by atoms with E-state index in [0.29, 0.717) is 11.0 Å². The van der Waals surface area contributed by atoms with E-state index in [9.17, 15) is 13.2 Å². The number of fused-ring (bicyclic) bond motifs is 1. The molecule has 96 valence electrons. The third-order valence-electron chi connectivity index (χ3n) is 2.57. The Balaban J connectivity index is 2.39. The zero-order chi connectivity index (χ0) is 13.3. The molecule has 0 aliphatic rings. The topological polar surface area (TPSA) is 89.3 Å². The Kier molecular flexibility index (Phi) is 3.08. The summed E-state index contributed by atoms with van der Waals surface area (Å²) in [5, 5.41) is 8.91. The summed E-state index contributed by atoms with van der Waals surface area (Å²) in [5.41, 5.74) is 1.43. The number of hydrogen-bond donors (Lipinski definition) is 1. The van der Waals surface area contributed by atoms with Crippen LogP contribution >= 0.6 is 0 Å². The maximum atomic E-state index is 11.1. The molecule has 6 nitrogen and oxygen atoms in total. The molecule has 0 aliphatic heterocycles. The summed E-state index contributed by atoms with van der Waals surface area (Å²) in [4.78, 5) is 15.0. The lowest BCUT2D eigenvalue weighted by atomic mass is 10.2. The highest BCUT2D eigenvalue weighted by Gasteiger charge is 2.09. The van der Waals surface area contributed by atoms with Crippen molar-refractivity contribution in [2.24, 2.45) is 0 Å². The van der Waals surface area contributed by atoms with Crippen LogP contribution in [0.15, 0.2) is 24.5 Å². The molecule has 1 aromatic heterocycles. The third-order valence-corrected chi connectivity index (χ3v) is 3.50. The van der Waals surface area contributed by atoms with E-state index < -0.39 is 15.8 Å². The molecular formula is C11H12N2O4S. The van der Waals surface area contributed by atoms with Gasteiger partial charge in [0, 0.05) is 12.8 Å². The van der Waals surface area contributed by atoms with Crippen molar-refractivity contribution in [1.29, 1.82) is 0 Å². The Morgan fingerprint density at radius 3 is 2.78 bits per heavy atom. The van der Waals surface area contributed by atoms with Crippen molar-refractivity contribution in [2.75, 3.05) is 12.0 Å². The van der Waals surface area contributed by atoms with Gasteiger partial charge in [-0.2, -0.15) is 0 Å². The third kappa shape index (κ3) is 2.67. The van der Waals surface area contributed by atoms with Crippen molar-refractivity contribution < 1.29 is 18.3 Å². The van der Waals surface area contributed by atoms with E-state index >= 15 is 0 Å². The number of sulfone groups is 1. The van der Waals surface area contributed by atoms with E-state index in [1.807, 2.05) is 0 Å². The van der Waals surface area contributed by atoms with Gasteiger partial charge >= 0.3 is 5.97 Å². The minimum atomic E-state index is -3.06. The minimum absolute atomic E-state index is 0.00421. The molecule has 0 atom stereocenters. The van der Waals surface area contributed by atoms with Crippen LogP contribution in [-0.2, 0) is 16.4 Å². The van der Waals surface area contributed by atoms with E-state index in [0.717, 1.165) is 6.26 Å². The molecule has 0 unspecified atom stereocenters. The Labute approximate surface area is 104 Å². The monoisotopic (exact) mass is 268 g/mol. The molecule has 1 heterocycles. The molecule has 2 rings (SSSR count). The number of aromatic nitrogens is 2. The number of carboxylic acids is 1. The minimum Gasteiger partial charge on any atom is -0.478 e. The first-order chi connectivity index (χ1) is 8.37. The average Bonchev–Trinajstić information content (AvgIpc) is 2.67. The van der Waals surface area contributed by atoms with Crippen LogP contribution in [0.5, 0.6) is 0 Å². The van der Waals surface area contributed by atoms with E-state index in [-0.39, 0.29) is 17.9 Å². The average molecular weight is 268 g/mol. The summed E-state index contributed by atoms with van der Waals surface area (Å²) in [6.07, 6.45) is 2.68. The fourth-order valence-corrected chi connectivity index (χ4v) is 2.16. The van der Waals surface area contributed by atoms with Gasteiger partial charge < -0.3 is 9.67 Å². The lowest BCUT2D eigenvalue weighted by Crippen LogP contribution is -2.10. The van der Waals surface area contributed by atoms with Crippen molar-refractivity contribution in [3.05, 3.63) is 30.1 Å². The summed E-state index contributed by atoms with van der Waals surface area (Å²) >= 11 is 0. The van der Waals surface area contributed by atoms with Gasteiger partial charge in [-0.05, 0) is 18.2 Å². The lowest BCUT2D eigenvalue weighted by Gasteiger charge is -2.03. The highest BCUT2D eigenvalue weighted by atomic mass is 32.2. The van der Waals surface area contributed by atoms with Crippen LogP contribution in [0.3, 0.4) is 0 Å². The molecule has 1 N–H and O–H groups in total. The maximum Gasteiger partial charge on any atom is 0.335 e. The summed E-state index contributed by atoms with van der Waals surface area (Å²) < 4.78 is 23.9. The van der Waals surface area contributed by atoms with Crippen LogP contribution in [0, 0.1) is 0 Å². The Morgan fingerprint density at radius 2 is 2.17 bits per heavy atom. The second kappa shape index (κ2) is 4.41. The molecule has 18 heavy (non-hydrogen) atoms. The molecular weight excluding hydrogens is 256 g/mol. The zero-order valence-corrected chi connectivity index (χ0v) is 10.5. The lowest BCUT2D eigenvalue weighted by molar-refractivity contribution is 0.0697. The Morgan fingerprint density at radius 1 is 1.44 bits per heavy atom. The first kappa shape index (κ1) is 12.6. The van der Waals surface area contributed by atoms with Crippen molar-refractivity contribution >= 4 is 26.8 Å². The van der Waals surface area contributed by atoms with Gasteiger partial charge in [-0.1, -0.05) is 0 Å². The number of carboxylic acid groups (broad SMARTS) is 1. The van der Waals surface area contributed by atoms with Gasteiger partial charge in [0.25, 0.3) is 0 Å². The second-order valence-corrected chi connectivity index (χ2v) is 6.34. The number of imidazole rings is 1. The molecule has 2 aromatic rings. The summed E-state index contributed by atoms with van der Waals surface area (Å²) in [7, 11) is -3.06.